The maximum atomic E-state index is 11.8. The van der Waals surface area contributed by atoms with Gasteiger partial charge in [-0.25, -0.2) is 0 Å². The van der Waals surface area contributed by atoms with Crippen molar-refractivity contribution in [2.24, 2.45) is 0 Å². The van der Waals surface area contributed by atoms with Crippen molar-refractivity contribution >= 4 is 5.91 Å². The minimum absolute atomic E-state index is 0.00939. The van der Waals surface area contributed by atoms with Gasteiger partial charge in [0, 0.05) is 24.7 Å². The van der Waals surface area contributed by atoms with E-state index in [-0.39, 0.29) is 12.5 Å². The normalized spacial score (nSPS) is 22.2. The Kier molecular flexibility index (Phi) is 4.49. The van der Waals surface area contributed by atoms with Crippen LogP contribution in [0.2, 0.25) is 0 Å². The molecule has 110 valence electrons. The molecule has 1 amide bonds. The number of rotatable bonds is 5. The van der Waals surface area contributed by atoms with Crippen LogP contribution in [-0.4, -0.2) is 31.8 Å². The van der Waals surface area contributed by atoms with Gasteiger partial charge in [-0.1, -0.05) is 0 Å². The van der Waals surface area contributed by atoms with Gasteiger partial charge < -0.3 is 19.9 Å². The number of nitrogens with one attached hydrogen (secondary N) is 1. The molecule has 1 aliphatic heterocycles. The summed E-state index contributed by atoms with van der Waals surface area (Å²) in [5, 5.41) is 12.4. The van der Waals surface area contributed by atoms with E-state index in [0.29, 0.717) is 24.3 Å². The van der Waals surface area contributed by atoms with E-state index in [2.05, 4.69) is 5.32 Å². The lowest BCUT2D eigenvalue weighted by Gasteiger charge is -2.39. The highest BCUT2D eigenvalue weighted by Gasteiger charge is 2.38. The van der Waals surface area contributed by atoms with E-state index in [4.69, 9.17) is 9.47 Å². The van der Waals surface area contributed by atoms with E-state index in [9.17, 15) is 9.90 Å². The van der Waals surface area contributed by atoms with Crippen LogP contribution in [0.1, 0.15) is 31.2 Å². The molecule has 0 aliphatic carbocycles. The highest BCUT2D eigenvalue weighted by Crippen LogP contribution is 2.40. The lowest BCUT2D eigenvalue weighted by atomic mass is 9.79. The Balaban J connectivity index is 2.45. The van der Waals surface area contributed by atoms with Gasteiger partial charge in [-0.3, -0.25) is 4.79 Å². The van der Waals surface area contributed by atoms with Gasteiger partial charge in [-0.15, -0.1) is 0 Å². The molecule has 2 N–H and O–H groups in total. The summed E-state index contributed by atoms with van der Waals surface area (Å²) in [5.41, 5.74) is 0.338. The Hall–Kier alpha value is -1.75. The maximum absolute atomic E-state index is 11.8. The molecular weight excluding hydrogens is 258 g/mol. The Morgan fingerprint density at radius 1 is 1.35 bits per heavy atom. The highest BCUT2D eigenvalue weighted by atomic mass is 16.5. The second kappa shape index (κ2) is 6.13. The SMILES string of the molecule is COc1ccc(C2(CCO)CCCC(=O)N2)c(OC)c1. The lowest BCUT2D eigenvalue weighted by molar-refractivity contribution is -0.125. The van der Waals surface area contributed by atoms with Gasteiger partial charge in [0.1, 0.15) is 11.5 Å². The van der Waals surface area contributed by atoms with E-state index >= 15 is 0 Å². The number of aliphatic hydroxyl groups excluding tert-OH is 1. The van der Waals surface area contributed by atoms with Crippen molar-refractivity contribution < 1.29 is 19.4 Å². The van der Waals surface area contributed by atoms with Gasteiger partial charge in [0.05, 0.1) is 19.8 Å². The third-order valence-electron chi connectivity index (χ3n) is 3.85. The lowest BCUT2D eigenvalue weighted by Crippen LogP contribution is -2.49. The van der Waals surface area contributed by atoms with Crippen molar-refractivity contribution in [2.45, 2.75) is 31.2 Å². The highest BCUT2D eigenvalue weighted by molar-refractivity contribution is 5.78. The number of hydrogen-bond acceptors (Lipinski definition) is 4. The molecule has 5 heteroatoms. The third kappa shape index (κ3) is 2.72. The average Bonchev–Trinajstić information content (AvgIpc) is 2.46. The van der Waals surface area contributed by atoms with E-state index in [1.807, 2.05) is 12.1 Å². The minimum Gasteiger partial charge on any atom is -0.497 e. The van der Waals surface area contributed by atoms with Crippen LogP contribution >= 0.6 is 0 Å². The molecule has 5 nitrogen and oxygen atoms in total. The van der Waals surface area contributed by atoms with Crippen LogP contribution in [0.4, 0.5) is 0 Å². The summed E-state index contributed by atoms with van der Waals surface area (Å²) in [6.07, 6.45) is 2.61. The zero-order valence-electron chi connectivity index (χ0n) is 11.9. The van der Waals surface area contributed by atoms with Crippen molar-refractivity contribution in [3.63, 3.8) is 0 Å². The van der Waals surface area contributed by atoms with Crippen molar-refractivity contribution in [1.82, 2.24) is 5.32 Å². The topological polar surface area (TPSA) is 67.8 Å². The number of carbonyl (C=O) groups is 1. The van der Waals surface area contributed by atoms with E-state index in [1.165, 1.54) is 0 Å². The van der Waals surface area contributed by atoms with Crippen LogP contribution in [0.25, 0.3) is 0 Å². The first kappa shape index (κ1) is 14.7. The summed E-state index contributed by atoms with van der Waals surface area (Å²) in [7, 11) is 3.19. The Morgan fingerprint density at radius 3 is 2.75 bits per heavy atom. The molecule has 1 atom stereocenters. The van der Waals surface area contributed by atoms with Crippen LogP contribution in [0.5, 0.6) is 11.5 Å². The average molecular weight is 279 g/mol. The number of hydrogen-bond donors (Lipinski definition) is 2. The summed E-state index contributed by atoms with van der Waals surface area (Å²) in [6.45, 7) is 0.00939. The quantitative estimate of drug-likeness (QED) is 0.858. The molecule has 2 rings (SSSR count). The number of carbonyl (C=O) groups excluding carboxylic acids is 1. The van der Waals surface area contributed by atoms with E-state index in [0.717, 1.165) is 18.4 Å². The molecule has 0 spiro atoms. The number of benzene rings is 1. The fourth-order valence-corrected chi connectivity index (χ4v) is 2.85. The molecule has 1 unspecified atom stereocenters. The zero-order chi connectivity index (χ0) is 14.6. The molecule has 20 heavy (non-hydrogen) atoms. The van der Waals surface area contributed by atoms with Gasteiger partial charge in [-0.05, 0) is 31.4 Å². The second-order valence-electron chi connectivity index (χ2n) is 5.02. The molecule has 0 aromatic heterocycles. The minimum atomic E-state index is -0.554. The first-order valence-electron chi connectivity index (χ1n) is 6.79. The van der Waals surface area contributed by atoms with Crippen molar-refractivity contribution in [2.75, 3.05) is 20.8 Å². The van der Waals surface area contributed by atoms with Crippen molar-refractivity contribution in [3.8, 4) is 11.5 Å². The largest absolute Gasteiger partial charge is 0.497 e. The molecule has 1 aliphatic rings. The number of piperidine rings is 1. The van der Waals surface area contributed by atoms with Crippen LogP contribution in [0.15, 0.2) is 18.2 Å². The number of aliphatic hydroxyl groups is 1. The zero-order valence-corrected chi connectivity index (χ0v) is 11.9. The Labute approximate surface area is 118 Å². The molecule has 1 aromatic carbocycles. The Bertz CT molecular complexity index is 485. The third-order valence-corrected chi connectivity index (χ3v) is 3.85. The maximum Gasteiger partial charge on any atom is 0.220 e. The molecule has 1 heterocycles. The van der Waals surface area contributed by atoms with Gasteiger partial charge in [0.25, 0.3) is 0 Å². The van der Waals surface area contributed by atoms with Crippen LogP contribution in [0, 0.1) is 0 Å². The molecular formula is C15H21NO4. The summed E-state index contributed by atoms with van der Waals surface area (Å²) < 4.78 is 10.6. The van der Waals surface area contributed by atoms with Crippen LogP contribution in [-0.2, 0) is 10.3 Å². The second-order valence-corrected chi connectivity index (χ2v) is 5.02. The van der Waals surface area contributed by atoms with Gasteiger partial charge in [-0.2, -0.15) is 0 Å². The van der Waals surface area contributed by atoms with Crippen LogP contribution < -0.4 is 14.8 Å². The van der Waals surface area contributed by atoms with E-state index in [1.54, 1.807) is 20.3 Å². The molecule has 0 radical (unpaired) electrons. The predicted molar refractivity (Wildman–Crippen MR) is 74.9 cm³/mol. The van der Waals surface area contributed by atoms with Crippen molar-refractivity contribution in [1.29, 1.82) is 0 Å². The van der Waals surface area contributed by atoms with Gasteiger partial charge in [0.2, 0.25) is 5.91 Å². The number of ether oxygens (including phenoxy) is 2. The first-order chi connectivity index (χ1) is 9.65. The predicted octanol–water partition coefficient (Wildman–Crippen LogP) is 1.58. The molecule has 0 saturated carbocycles. The summed E-state index contributed by atoms with van der Waals surface area (Å²) in [5.74, 6) is 1.38. The molecule has 0 bridgehead atoms. The fraction of sp³-hybridized carbons (Fsp3) is 0.533. The summed E-state index contributed by atoms with van der Waals surface area (Å²) >= 11 is 0. The van der Waals surface area contributed by atoms with E-state index < -0.39 is 5.54 Å². The smallest absolute Gasteiger partial charge is 0.220 e. The molecule has 1 saturated heterocycles. The molecule has 1 aromatic rings. The fourth-order valence-electron chi connectivity index (χ4n) is 2.85. The first-order valence-corrected chi connectivity index (χ1v) is 6.79. The summed E-state index contributed by atoms with van der Waals surface area (Å²) in [6, 6.07) is 5.55. The standard InChI is InChI=1S/C15H21NO4/c1-19-11-5-6-12(13(10-11)20-2)15(8-9-17)7-3-4-14(18)16-15/h5-6,10,17H,3-4,7-9H2,1-2H3,(H,16,18). The van der Waals surface area contributed by atoms with Crippen LogP contribution in [0.3, 0.4) is 0 Å². The number of methoxy groups -OCH3 is 2. The Morgan fingerprint density at radius 2 is 2.15 bits per heavy atom. The molecule has 1 fully saturated rings. The summed E-state index contributed by atoms with van der Waals surface area (Å²) in [4.78, 5) is 11.8. The van der Waals surface area contributed by atoms with Gasteiger partial charge >= 0.3 is 0 Å². The number of amides is 1. The van der Waals surface area contributed by atoms with Gasteiger partial charge in [0.15, 0.2) is 0 Å². The monoisotopic (exact) mass is 279 g/mol. The van der Waals surface area contributed by atoms with Crippen molar-refractivity contribution in [3.05, 3.63) is 23.8 Å².